The van der Waals surface area contributed by atoms with Crippen molar-refractivity contribution >= 4 is 11.6 Å². The largest absolute Gasteiger partial charge is 0.487 e. The smallest absolute Gasteiger partial charge is 0.126 e. The lowest BCUT2D eigenvalue weighted by molar-refractivity contribution is -0.00390. The van der Waals surface area contributed by atoms with Gasteiger partial charge in [-0.15, -0.1) is 0 Å². The monoisotopic (exact) mass is 297 g/mol. The van der Waals surface area contributed by atoms with Crippen LogP contribution in [0.25, 0.3) is 0 Å². The molecule has 112 valence electrons. The standard InChI is InChI=1S/C16H24ClNO2/c1-11(2)19-10-16(13-7-8-18-9-13)20-15-6-4-5-14(17)12(15)3/h4-6,11,13,16,18H,7-10H2,1-3H3/t13?,16-/m0/s1. The lowest BCUT2D eigenvalue weighted by Gasteiger charge is -2.26. The van der Waals surface area contributed by atoms with Crippen molar-refractivity contribution in [1.29, 1.82) is 0 Å². The Labute approximate surface area is 126 Å². The van der Waals surface area contributed by atoms with Crippen LogP contribution in [0.15, 0.2) is 18.2 Å². The van der Waals surface area contributed by atoms with Crippen LogP contribution in [0.3, 0.4) is 0 Å². The molecule has 2 rings (SSSR count). The highest BCUT2D eigenvalue weighted by atomic mass is 35.5. The van der Waals surface area contributed by atoms with Crippen molar-refractivity contribution in [3.63, 3.8) is 0 Å². The zero-order valence-corrected chi connectivity index (χ0v) is 13.2. The zero-order valence-electron chi connectivity index (χ0n) is 12.5. The van der Waals surface area contributed by atoms with Gasteiger partial charge in [-0.3, -0.25) is 0 Å². The summed E-state index contributed by atoms with van der Waals surface area (Å²) >= 11 is 6.16. The van der Waals surface area contributed by atoms with Crippen LogP contribution in [-0.4, -0.2) is 31.9 Å². The predicted molar refractivity (Wildman–Crippen MR) is 82.7 cm³/mol. The van der Waals surface area contributed by atoms with Crippen LogP contribution < -0.4 is 10.1 Å². The normalized spacial score (nSPS) is 20.4. The Kier molecular flexibility index (Phi) is 5.70. The third-order valence-electron chi connectivity index (χ3n) is 3.71. The van der Waals surface area contributed by atoms with E-state index in [4.69, 9.17) is 21.1 Å². The molecule has 2 atom stereocenters. The molecule has 1 unspecified atom stereocenters. The Morgan fingerprint density at radius 2 is 2.20 bits per heavy atom. The van der Waals surface area contributed by atoms with Gasteiger partial charge in [0.05, 0.1) is 12.7 Å². The van der Waals surface area contributed by atoms with E-state index in [0.29, 0.717) is 12.5 Å². The summed E-state index contributed by atoms with van der Waals surface area (Å²) in [5, 5.41) is 4.14. The van der Waals surface area contributed by atoms with E-state index in [1.807, 2.05) is 25.1 Å². The molecule has 0 bridgehead atoms. The van der Waals surface area contributed by atoms with E-state index >= 15 is 0 Å². The van der Waals surface area contributed by atoms with Gasteiger partial charge in [-0.05, 0) is 45.9 Å². The number of rotatable bonds is 6. The van der Waals surface area contributed by atoms with Gasteiger partial charge in [-0.25, -0.2) is 0 Å². The lowest BCUT2D eigenvalue weighted by Crippen LogP contribution is -2.34. The first-order chi connectivity index (χ1) is 9.58. The molecule has 1 aromatic carbocycles. The molecule has 0 radical (unpaired) electrons. The second kappa shape index (κ2) is 7.30. The average Bonchev–Trinajstić information content (AvgIpc) is 2.93. The van der Waals surface area contributed by atoms with Crippen LogP contribution in [0.4, 0.5) is 0 Å². The van der Waals surface area contributed by atoms with Crippen molar-refractivity contribution in [1.82, 2.24) is 5.32 Å². The summed E-state index contributed by atoms with van der Waals surface area (Å²) in [4.78, 5) is 0. The Bertz CT molecular complexity index is 430. The maximum Gasteiger partial charge on any atom is 0.126 e. The quantitative estimate of drug-likeness (QED) is 0.872. The van der Waals surface area contributed by atoms with Gasteiger partial charge in [-0.2, -0.15) is 0 Å². The molecule has 0 saturated carbocycles. The van der Waals surface area contributed by atoms with E-state index in [2.05, 4.69) is 19.2 Å². The number of ether oxygens (including phenoxy) is 2. The van der Waals surface area contributed by atoms with Crippen molar-refractivity contribution in [2.75, 3.05) is 19.7 Å². The third-order valence-corrected chi connectivity index (χ3v) is 4.12. The summed E-state index contributed by atoms with van der Waals surface area (Å²) in [6.07, 6.45) is 1.42. The van der Waals surface area contributed by atoms with E-state index in [0.717, 1.165) is 35.8 Å². The second-order valence-corrected chi connectivity index (χ2v) is 6.06. The molecule has 1 aliphatic heterocycles. The number of halogens is 1. The molecule has 0 spiro atoms. The molecule has 0 amide bonds. The first kappa shape index (κ1) is 15.6. The first-order valence-corrected chi connectivity index (χ1v) is 7.70. The van der Waals surface area contributed by atoms with Gasteiger partial charge >= 0.3 is 0 Å². The van der Waals surface area contributed by atoms with Gasteiger partial charge in [0.1, 0.15) is 11.9 Å². The molecule has 1 heterocycles. The fourth-order valence-electron chi connectivity index (χ4n) is 2.43. The summed E-state index contributed by atoms with van der Waals surface area (Å²) in [6.45, 7) is 8.76. The number of benzene rings is 1. The summed E-state index contributed by atoms with van der Waals surface area (Å²) in [7, 11) is 0. The van der Waals surface area contributed by atoms with Crippen molar-refractivity contribution in [3.8, 4) is 5.75 Å². The van der Waals surface area contributed by atoms with Crippen LogP contribution >= 0.6 is 11.6 Å². The minimum atomic E-state index is 0.0737. The Morgan fingerprint density at radius 3 is 2.85 bits per heavy atom. The Morgan fingerprint density at radius 1 is 1.40 bits per heavy atom. The summed E-state index contributed by atoms with van der Waals surface area (Å²) in [6, 6.07) is 5.80. The molecule has 1 N–H and O–H groups in total. The highest BCUT2D eigenvalue weighted by molar-refractivity contribution is 6.31. The third kappa shape index (κ3) is 4.11. The number of hydrogen-bond donors (Lipinski definition) is 1. The minimum absolute atomic E-state index is 0.0737. The average molecular weight is 298 g/mol. The van der Waals surface area contributed by atoms with Gasteiger partial charge < -0.3 is 14.8 Å². The van der Waals surface area contributed by atoms with Gasteiger partial charge in [0.15, 0.2) is 0 Å². The highest BCUT2D eigenvalue weighted by Crippen LogP contribution is 2.28. The Balaban J connectivity index is 2.07. The molecule has 0 aliphatic carbocycles. The van der Waals surface area contributed by atoms with Crippen molar-refractivity contribution in [2.45, 2.75) is 39.4 Å². The van der Waals surface area contributed by atoms with Crippen LogP contribution in [0, 0.1) is 12.8 Å². The van der Waals surface area contributed by atoms with E-state index in [1.165, 1.54) is 0 Å². The van der Waals surface area contributed by atoms with Crippen LogP contribution in [0.1, 0.15) is 25.8 Å². The predicted octanol–water partition coefficient (Wildman–Crippen LogP) is 3.43. The zero-order chi connectivity index (χ0) is 14.5. The molecule has 20 heavy (non-hydrogen) atoms. The number of hydrogen-bond acceptors (Lipinski definition) is 3. The summed E-state index contributed by atoms with van der Waals surface area (Å²) in [5.41, 5.74) is 0.995. The topological polar surface area (TPSA) is 30.5 Å². The van der Waals surface area contributed by atoms with Crippen LogP contribution in [0.5, 0.6) is 5.75 Å². The van der Waals surface area contributed by atoms with Gasteiger partial charge in [0.25, 0.3) is 0 Å². The van der Waals surface area contributed by atoms with E-state index in [9.17, 15) is 0 Å². The fourth-order valence-corrected chi connectivity index (χ4v) is 2.59. The molecule has 0 aromatic heterocycles. The van der Waals surface area contributed by atoms with Gasteiger partial charge in [-0.1, -0.05) is 17.7 Å². The highest BCUT2D eigenvalue weighted by Gasteiger charge is 2.27. The van der Waals surface area contributed by atoms with Crippen molar-refractivity contribution in [3.05, 3.63) is 28.8 Å². The maximum absolute atomic E-state index is 6.21. The fraction of sp³-hybridized carbons (Fsp3) is 0.625. The van der Waals surface area contributed by atoms with Crippen LogP contribution in [0.2, 0.25) is 5.02 Å². The summed E-state index contributed by atoms with van der Waals surface area (Å²) < 4.78 is 12.0. The van der Waals surface area contributed by atoms with Gasteiger partial charge in [0.2, 0.25) is 0 Å². The molecule has 1 saturated heterocycles. The second-order valence-electron chi connectivity index (χ2n) is 5.65. The molecule has 4 heteroatoms. The minimum Gasteiger partial charge on any atom is -0.487 e. The van der Waals surface area contributed by atoms with Crippen LogP contribution in [-0.2, 0) is 4.74 Å². The molecular formula is C16H24ClNO2. The van der Waals surface area contributed by atoms with Crippen molar-refractivity contribution < 1.29 is 9.47 Å². The molecule has 1 fully saturated rings. The van der Waals surface area contributed by atoms with E-state index in [-0.39, 0.29) is 12.2 Å². The maximum atomic E-state index is 6.21. The van der Waals surface area contributed by atoms with Crippen molar-refractivity contribution in [2.24, 2.45) is 5.92 Å². The SMILES string of the molecule is Cc1c(Cl)cccc1O[C@@H](COC(C)C)C1CCNC1. The number of nitrogens with one attached hydrogen (secondary N) is 1. The molecule has 1 aliphatic rings. The van der Waals surface area contributed by atoms with E-state index in [1.54, 1.807) is 0 Å². The first-order valence-electron chi connectivity index (χ1n) is 7.32. The van der Waals surface area contributed by atoms with Gasteiger partial charge in [0, 0.05) is 23.0 Å². The lowest BCUT2D eigenvalue weighted by atomic mass is 10.0. The Hall–Kier alpha value is -0.770. The molecule has 3 nitrogen and oxygen atoms in total. The molecular weight excluding hydrogens is 274 g/mol. The summed E-state index contributed by atoms with van der Waals surface area (Å²) in [5.74, 6) is 1.36. The van der Waals surface area contributed by atoms with E-state index < -0.39 is 0 Å². The molecule has 1 aromatic rings.